The maximum atomic E-state index is 6.10. The molecule has 0 radical (unpaired) electrons. The van der Waals surface area contributed by atoms with Crippen LogP contribution in [0.4, 0.5) is 11.5 Å². The third-order valence-electron chi connectivity index (χ3n) is 6.62. The van der Waals surface area contributed by atoms with Gasteiger partial charge in [0.2, 0.25) is 0 Å². The molecule has 0 aliphatic carbocycles. The number of piperidine rings is 2. The molecular formula is C25H25ClN6. The molecule has 0 spiro atoms. The summed E-state index contributed by atoms with van der Waals surface area (Å²) in [5.41, 5.74) is 5.44. The van der Waals surface area contributed by atoms with Crippen molar-refractivity contribution in [3.8, 4) is 5.69 Å². The number of aromatic nitrogens is 4. The second-order valence-electron chi connectivity index (χ2n) is 9.08. The number of anilines is 2. The smallest absolute Gasteiger partial charge is 0.147 e. The summed E-state index contributed by atoms with van der Waals surface area (Å²) >= 11 is 6.10. The SMILES string of the molecule is Cc1ccc(-n2cccn2)c(N2CC3CC(CN(c4cnc5cc(Cl)ccc5n4)C3)C2)c1. The topological polar surface area (TPSA) is 50.1 Å². The molecule has 7 heteroatoms. The first-order valence-corrected chi connectivity index (χ1v) is 11.5. The molecule has 32 heavy (non-hydrogen) atoms. The summed E-state index contributed by atoms with van der Waals surface area (Å²) in [5.74, 6) is 2.16. The van der Waals surface area contributed by atoms with Gasteiger partial charge in [0, 0.05) is 43.6 Å². The predicted molar refractivity (Wildman–Crippen MR) is 129 cm³/mol. The zero-order valence-electron chi connectivity index (χ0n) is 18.0. The van der Waals surface area contributed by atoms with Crippen LogP contribution in [0.2, 0.25) is 5.02 Å². The van der Waals surface area contributed by atoms with Gasteiger partial charge in [-0.25, -0.2) is 9.67 Å². The number of nitrogens with zero attached hydrogens (tertiary/aromatic N) is 6. The summed E-state index contributed by atoms with van der Waals surface area (Å²) < 4.78 is 1.97. The van der Waals surface area contributed by atoms with E-state index in [1.807, 2.05) is 47.5 Å². The quantitative estimate of drug-likeness (QED) is 0.456. The molecule has 2 aliphatic rings. The largest absolute Gasteiger partial charge is 0.369 e. The third kappa shape index (κ3) is 3.58. The first-order valence-electron chi connectivity index (χ1n) is 11.2. The van der Waals surface area contributed by atoms with Gasteiger partial charge < -0.3 is 9.80 Å². The van der Waals surface area contributed by atoms with Gasteiger partial charge >= 0.3 is 0 Å². The molecular weight excluding hydrogens is 420 g/mol. The Morgan fingerprint density at radius 1 is 0.906 bits per heavy atom. The monoisotopic (exact) mass is 444 g/mol. The van der Waals surface area contributed by atoms with Crippen LogP contribution < -0.4 is 9.80 Å². The maximum absolute atomic E-state index is 6.10. The van der Waals surface area contributed by atoms with Gasteiger partial charge in [-0.05, 0) is 67.1 Å². The minimum absolute atomic E-state index is 0.594. The average molecular weight is 445 g/mol. The van der Waals surface area contributed by atoms with Crippen molar-refractivity contribution in [1.29, 1.82) is 0 Å². The zero-order chi connectivity index (χ0) is 21.7. The lowest BCUT2D eigenvalue weighted by Gasteiger charge is -2.47. The zero-order valence-corrected chi connectivity index (χ0v) is 18.8. The standard InChI is InChI=1S/C25H25ClN6/c1-17-3-6-23(32-8-2-7-28-32)24(9-17)30-13-18-10-19(14-30)16-31(15-18)25-12-27-22-11-20(26)4-5-21(22)29-25/h2-9,11-12,18-19H,10,13-16H2,1H3. The lowest BCUT2D eigenvalue weighted by atomic mass is 9.84. The number of hydrogen-bond acceptors (Lipinski definition) is 5. The van der Waals surface area contributed by atoms with E-state index in [2.05, 4.69) is 45.0 Å². The summed E-state index contributed by atoms with van der Waals surface area (Å²) in [6.45, 7) is 6.25. The molecule has 2 fully saturated rings. The van der Waals surface area contributed by atoms with Crippen molar-refractivity contribution in [2.45, 2.75) is 13.3 Å². The summed E-state index contributed by atoms with van der Waals surface area (Å²) in [6, 6.07) is 14.3. The van der Waals surface area contributed by atoms with Crippen LogP contribution in [0.15, 0.2) is 61.1 Å². The Labute approximate surface area is 192 Å². The number of halogens is 1. The molecule has 2 saturated heterocycles. The number of rotatable bonds is 3. The fraction of sp³-hybridized carbons (Fsp3) is 0.320. The Bertz CT molecular complexity index is 1260. The van der Waals surface area contributed by atoms with Crippen molar-refractivity contribution in [3.63, 3.8) is 0 Å². The molecule has 2 unspecified atom stereocenters. The van der Waals surface area contributed by atoms with Crippen molar-refractivity contribution in [3.05, 3.63) is 71.6 Å². The summed E-state index contributed by atoms with van der Waals surface area (Å²) in [4.78, 5) is 14.5. The highest BCUT2D eigenvalue weighted by atomic mass is 35.5. The molecule has 2 aromatic carbocycles. The van der Waals surface area contributed by atoms with Crippen molar-refractivity contribution < 1.29 is 0 Å². The van der Waals surface area contributed by atoms with Crippen LogP contribution in [0.1, 0.15) is 12.0 Å². The van der Waals surface area contributed by atoms with Gasteiger partial charge in [-0.1, -0.05) is 17.7 Å². The van der Waals surface area contributed by atoms with Crippen LogP contribution in [0.25, 0.3) is 16.7 Å². The van der Waals surface area contributed by atoms with E-state index >= 15 is 0 Å². The Morgan fingerprint density at radius 2 is 1.72 bits per heavy atom. The Hall–Kier alpha value is -3.12. The molecule has 6 nitrogen and oxygen atoms in total. The molecule has 0 saturated carbocycles. The first kappa shape index (κ1) is 19.6. The van der Waals surface area contributed by atoms with Crippen LogP contribution in [0.3, 0.4) is 0 Å². The average Bonchev–Trinajstić information content (AvgIpc) is 3.32. The fourth-order valence-electron chi connectivity index (χ4n) is 5.28. The molecule has 0 N–H and O–H groups in total. The van der Waals surface area contributed by atoms with Crippen molar-refractivity contribution in [2.75, 3.05) is 36.0 Å². The van der Waals surface area contributed by atoms with Gasteiger partial charge in [-0.2, -0.15) is 5.10 Å². The molecule has 6 rings (SSSR count). The van der Waals surface area contributed by atoms with Crippen LogP contribution in [-0.4, -0.2) is 45.9 Å². The summed E-state index contributed by atoms with van der Waals surface area (Å²) in [5, 5.41) is 5.18. The first-order chi connectivity index (χ1) is 15.6. The van der Waals surface area contributed by atoms with E-state index in [0.29, 0.717) is 16.9 Å². The normalized spacial score (nSPS) is 20.7. The van der Waals surface area contributed by atoms with E-state index < -0.39 is 0 Å². The van der Waals surface area contributed by atoms with Gasteiger partial charge in [0.25, 0.3) is 0 Å². The van der Waals surface area contributed by atoms with Crippen LogP contribution in [0.5, 0.6) is 0 Å². The maximum Gasteiger partial charge on any atom is 0.147 e. The van der Waals surface area contributed by atoms with Crippen LogP contribution in [0, 0.1) is 18.8 Å². The highest BCUT2D eigenvalue weighted by molar-refractivity contribution is 6.31. The van der Waals surface area contributed by atoms with Gasteiger partial charge in [0.15, 0.2) is 0 Å². The molecule has 2 aromatic heterocycles. The highest BCUT2D eigenvalue weighted by Gasteiger charge is 2.35. The van der Waals surface area contributed by atoms with Crippen LogP contribution in [-0.2, 0) is 0 Å². The van der Waals surface area contributed by atoms with Crippen molar-refractivity contribution in [2.24, 2.45) is 11.8 Å². The van der Waals surface area contributed by atoms with Gasteiger partial charge in [0.1, 0.15) is 5.82 Å². The second kappa shape index (κ2) is 7.78. The molecule has 2 atom stereocenters. The number of fused-ring (bicyclic) bond motifs is 3. The molecule has 162 valence electrons. The lowest BCUT2D eigenvalue weighted by molar-refractivity contribution is 0.275. The minimum Gasteiger partial charge on any atom is -0.369 e. The van der Waals surface area contributed by atoms with E-state index in [0.717, 1.165) is 48.7 Å². The minimum atomic E-state index is 0.594. The number of aryl methyl sites for hydroxylation is 1. The molecule has 2 aliphatic heterocycles. The van der Waals surface area contributed by atoms with Crippen molar-refractivity contribution in [1.82, 2.24) is 19.7 Å². The van der Waals surface area contributed by atoms with Gasteiger partial charge in [-0.15, -0.1) is 0 Å². The van der Waals surface area contributed by atoms with E-state index in [4.69, 9.17) is 16.6 Å². The van der Waals surface area contributed by atoms with E-state index in [9.17, 15) is 0 Å². The summed E-state index contributed by atoms with van der Waals surface area (Å²) in [7, 11) is 0. The fourth-order valence-corrected chi connectivity index (χ4v) is 5.45. The second-order valence-corrected chi connectivity index (χ2v) is 9.52. The Morgan fingerprint density at radius 3 is 2.50 bits per heavy atom. The Balaban J connectivity index is 1.26. The van der Waals surface area contributed by atoms with E-state index in [1.165, 1.54) is 17.7 Å². The van der Waals surface area contributed by atoms with E-state index in [1.54, 1.807) is 0 Å². The van der Waals surface area contributed by atoms with Crippen LogP contribution >= 0.6 is 11.6 Å². The molecule has 4 aromatic rings. The number of benzene rings is 2. The van der Waals surface area contributed by atoms with Crippen molar-refractivity contribution >= 4 is 34.1 Å². The molecule has 0 amide bonds. The third-order valence-corrected chi connectivity index (χ3v) is 6.85. The number of hydrogen-bond donors (Lipinski definition) is 0. The molecule has 4 heterocycles. The lowest BCUT2D eigenvalue weighted by Crippen LogP contribution is -2.53. The summed E-state index contributed by atoms with van der Waals surface area (Å²) in [6.07, 6.45) is 7.03. The van der Waals surface area contributed by atoms with Gasteiger partial charge in [0.05, 0.1) is 28.6 Å². The highest BCUT2D eigenvalue weighted by Crippen LogP contribution is 2.36. The Kier molecular flexibility index (Phi) is 4.76. The predicted octanol–water partition coefficient (Wildman–Crippen LogP) is 4.74. The van der Waals surface area contributed by atoms with Gasteiger partial charge in [-0.3, -0.25) is 4.98 Å². The van der Waals surface area contributed by atoms with E-state index in [-0.39, 0.29) is 0 Å². The molecule has 2 bridgehead atoms.